The van der Waals surface area contributed by atoms with Crippen LogP contribution >= 0.6 is 0 Å². The molecule has 2 aliphatic heterocycles. The van der Waals surface area contributed by atoms with Crippen LogP contribution < -0.4 is 30.5 Å². The summed E-state index contributed by atoms with van der Waals surface area (Å²) in [6.45, 7) is 5.58. The molecule has 1 amide bonds. The van der Waals surface area contributed by atoms with Crippen LogP contribution in [-0.2, 0) is 9.53 Å². The molecule has 2 fully saturated rings. The van der Waals surface area contributed by atoms with E-state index < -0.39 is 6.23 Å². The number of ether oxygens (including phenoxy) is 2. The summed E-state index contributed by atoms with van der Waals surface area (Å²) in [6.07, 6.45) is 10.5. The van der Waals surface area contributed by atoms with Gasteiger partial charge in [0.2, 0.25) is 11.9 Å². The fourth-order valence-corrected chi connectivity index (χ4v) is 6.34. The van der Waals surface area contributed by atoms with Crippen LogP contribution in [0.2, 0.25) is 0 Å². The minimum absolute atomic E-state index is 0.0937. The van der Waals surface area contributed by atoms with Crippen molar-refractivity contribution < 1.29 is 19.4 Å². The van der Waals surface area contributed by atoms with Gasteiger partial charge in [-0.1, -0.05) is 25.8 Å². The number of anilines is 4. The average Bonchev–Trinajstić information content (AvgIpc) is 3.55. The zero-order valence-electron chi connectivity index (χ0n) is 25.3. The number of aliphatic hydroxyl groups excluding tert-OH is 1. The second-order valence-electron chi connectivity index (χ2n) is 11.5. The third-order valence-corrected chi connectivity index (χ3v) is 8.75. The van der Waals surface area contributed by atoms with Crippen molar-refractivity contribution >= 4 is 29.0 Å². The van der Waals surface area contributed by atoms with Gasteiger partial charge in [-0.15, -0.1) is 0 Å². The number of rotatable bonds is 13. The van der Waals surface area contributed by atoms with Gasteiger partial charge in [-0.25, -0.2) is 4.98 Å². The lowest BCUT2D eigenvalue weighted by atomic mass is 10.0. The zero-order chi connectivity index (χ0) is 29.5. The van der Waals surface area contributed by atoms with Crippen molar-refractivity contribution in [3.63, 3.8) is 0 Å². The van der Waals surface area contributed by atoms with E-state index in [1.165, 1.54) is 12.8 Å². The van der Waals surface area contributed by atoms with Crippen LogP contribution in [0.15, 0.2) is 24.4 Å². The fraction of sp³-hybridized carbons (Fsp3) is 0.645. The summed E-state index contributed by atoms with van der Waals surface area (Å²) in [5.74, 6) is 1.91. The quantitative estimate of drug-likeness (QED) is 0.205. The van der Waals surface area contributed by atoms with Crippen molar-refractivity contribution in [3.05, 3.63) is 30.0 Å². The van der Waals surface area contributed by atoms with Crippen LogP contribution in [0.3, 0.4) is 0 Å². The molecule has 1 aromatic heterocycles. The predicted octanol–water partition coefficient (Wildman–Crippen LogP) is 3.86. The van der Waals surface area contributed by atoms with Gasteiger partial charge in [0, 0.05) is 19.7 Å². The van der Waals surface area contributed by atoms with Crippen molar-refractivity contribution in [1.29, 1.82) is 0 Å². The summed E-state index contributed by atoms with van der Waals surface area (Å²) < 4.78 is 11.6. The number of piperidine rings is 1. The number of benzene rings is 1. The Kier molecular flexibility index (Phi) is 10.5. The normalized spacial score (nSPS) is 20.6. The van der Waals surface area contributed by atoms with E-state index in [1.54, 1.807) is 25.3 Å². The first-order chi connectivity index (χ1) is 20.5. The molecule has 2 aromatic rings. The Bertz CT molecular complexity index is 1190. The van der Waals surface area contributed by atoms with Crippen molar-refractivity contribution in [2.24, 2.45) is 0 Å². The maximum absolute atomic E-state index is 13.2. The highest BCUT2D eigenvalue weighted by Gasteiger charge is 2.41. The number of hydrogen-bond donors (Lipinski definition) is 4. The molecule has 1 saturated carbocycles. The number of likely N-dealkylation sites (N-methyl/N-ethyl adjacent to an activating group) is 1. The number of aliphatic hydroxyl groups is 1. The molecular formula is C31H47N7O4. The first-order valence-corrected chi connectivity index (χ1v) is 15.6. The van der Waals surface area contributed by atoms with Crippen molar-refractivity contribution in [2.75, 3.05) is 55.5 Å². The lowest BCUT2D eigenvalue weighted by Gasteiger charge is -2.43. The Morgan fingerprint density at radius 1 is 1.17 bits per heavy atom. The van der Waals surface area contributed by atoms with E-state index in [0.29, 0.717) is 41.6 Å². The van der Waals surface area contributed by atoms with Gasteiger partial charge >= 0.3 is 0 Å². The molecule has 5 rings (SSSR count). The Morgan fingerprint density at radius 3 is 2.69 bits per heavy atom. The van der Waals surface area contributed by atoms with Gasteiger partial charge in [0.05, 0.1) is 25.1 Å². The number of unbranched alkanes of at least 4 members (excludes halogenated alkanes) is 1. The maximum Gasteiger partial charge on any atom is 0.249 e. The van der Waals surface area contributed by atoms with Crippen LogP contribution in [0, 0.1) is 0 Å². The lowest BCUT2D eigenvalue weighted by molar-refractivity contribution is -0.120. The van der Waals surface area contributed by atoms with Gasteiger partial charge in [0.15, 0.2) is 5.82 Å². The number of carbonyl (C=O) groups excluding carboxylic acids is 1. The van der Waals surface area contributed by atoms with E-state index in [2.05, 4.69) is 32.8 Å². The standard InChI is InChI=1S/C31H47N7O4/c1-4-25-30(40)37(2)26-20-34-31(36-28(26)38(25)22-9-5-6-10-22)35-24-12-11-21(19-27(24)41-3)29(39)33-15-7-8-18-42-23-13-16-32-17-14-23/h11-12,19-20,22-23,25,29,32-33,39H,4-10,13-18H2,1-3H3,(H,34,35,36)/t25-,29?/m1/s1. The van der Waals surface area contributed by atoms with E-state index in [1.807, 2.05) is 18.2 Å². The molecule has 3 aliphatic rings. The highest BCUT2D eigenvalue weighted by atomic mass is 16.5. The number of methoxy groups -OCH3 is 1. The lowest BCUT2D eigenvalue weighted by Crippen LogP contribution is -2.55. The SMILES string of the molecule is CC[C@@H]1C(=O)N(C)c2cnc(Nc3ccc(C(O)NCCCCOC4CCNCC4)cc3OC)nc2N1C1CCCC1. The number of amides is 1. The zero-order valence-corrected chi connectivity index (χ0v) is 25.3. The Hall–Kier alpha value is -2.99. The number of hydrogen-bond acceptors (Lipinski definition) is 10. The Morgan fingerprint density at radius 2 is 1.95 bits per heavy atom. The molecule has 0 spiro atoms. The molecule has 1 aliphatic carbocycles. The molecule has 42 heavy (non-hydrogen) atoms. The van der Waals surface area contributed by atoms with E-state index >= 15 is 0 Å². The topological polar surface area (TPSA) is 124 Å². The van der Waals surface area contributed by atoms with Gasteiger partial charge in [-0.2, -0.15) is 4.98 Å². The Labute approximate surface area is 249 Å². The van der Waals surface area contributed by atoms with Gasteiger partial charge in [-0.3, -0.25) is 10.1 Å². The molecule has 11 heteroatoms. The van der Waals surface area contributed by atoms with Crippen LogP contribution in [0.25, 0.3) is 0 Å². The highest BCUT2D eigenvalue weighted by molar-refractivity contribution is 6.04. The fourth-order valence-electron chi connectivity index (χ4n) is 6.34. The largest absolute Gasteiger partial charge is 0.495 e. The van der Waals surface area contributed by atoms with Crippen molar-refractivity contribution in [3.8, 4) is 5.75 Å². The number of carbonyl (C=O) groups is 1. The number of nitrogens with one attached hydrogen (secondary N) is 3. The van der Waals surface area contributed by atoms with Crippen molar-refractivity contribution in [2.45, 2.75) is 89.1 Å². The van der Waals surface area contributed by atoms with E-state index in [9.17, 15) is 9.90 Å². The molecule has 0 radical (unpaired) electrons. The third-order valence-electron chi connectivity index (χ3n) is 8.75. The maximum atomic E-state index is 13.2. The van der Waals surface area contributed by atoms with Gasteiger partial charge in [0.1, 0.15) is 23.7 Å². The van der Waals surface area contributed by atoms with Crippen molar-refractivity contribution in [1.82, 2.24) is 20.6 Å². The van der Waals surface area contributed by atoms with Gasteiger partial charge < -0.3 is 35.0 Å². The average molecular weight is 582 g/mol. The first kappa shape index (κ1) is 30.5. The molecule has 4 N–H and O–H groups in total. The minimum Gasteiger partial charge on any atom is -0.495 e. The van der Waals surface area contributed by atoms with E-state index in [-0.39, 0.29) is 11.9 Å². The molecule has 3 heterocycles. The third kappa shape index (κ3) is 6.96. The number of fused-ring (bicyclic) bond motifs is 1. The highest BCUT2D eigenvalue weighted by Crippen LogP contribution is 2.40. The molecular weight excluding hydrogens is 534 g/mol. The minimum atomic E-state index is -0.808. The monoisotopic (exact) mass is 581 g/mol. The van der Waals surface area contributed by atoms with Gasteiger partial charge in [-0.05, 0) is 82.3 Å². The molecule has 1 unspecified atom stereocenters. The van der Waals surface area contributed by atoms with Crippen LogP contribution in [0.1, 0.15) is 76.5 Å². The predicted molar refractivity (Wildman–Crippen MR) is 165 cm³/mol. The first-order valence-electron chi connectivity index (χ1n) is 15.6. The summed E-state index contributed by atoms with van der Waals surface area (Å²) in [4.78, 5) is 26.6. The van der Waals surface area contributed by atoms with E-state index in [4.69, 9.17) is 14.5 Å². The number of aromatic nitrogens is 2. The molecule has 1 aromatic carbocycles. The summed E-state index contributed by atoms with van der Waals surface area (Å²) in [6, 6.07) is 5.64. The molecule has 11 nitrogen and oxygen atoms in total. The summed E-state index contributed by atoms with van der Waals surface area (Å²) in [7, 11) is 3.41. The second kappa shape index (κ2) is 14.5. The molecule has 0 bridgehead atoms. The van der Waals surface area contributed by atoms with E-state index in [0.717, 1.165) is 76.1 Å². The molecule has 230 valence electrons. The van der Waals surface area contributed by atoms with Crippen LogP contribution in [-0.4, -0.2) is 79.6 Å². The second-order valence-corrected chi connectivity index (χ2v) is 11.5. The van der Waals surface area contributed by atoms with Crippen LogP contribution in [0.5, 0.6) is 5.75 Å². The van der Waals surface area contributed by atoms with Crippen LogP contribution in [0.4, 0.5) is 23.1 Å². The summed E-state index contributed by atoms with van der Waals surface area (Å²) >= 11 is 0. The van der Waals surface area contributed by atoms with Gasteiger partial charge in [0.25, 0.3) is 0 Å². The molecule has 1 saturated heterocycles. The Balaban J connectivity index is 1.21. The summed E-state index contributed by atoms with van der Waals surface area (Å²) in [5.41, 5.74) is 2.15. The summed E-state index contributed by atoms with van der Waals surface area (Å²) in [5, 5.41) is 20.6. The smallest absolute Gasteiger partial charge is 0.249 e. The number of nitrogens with zero attached hydrogens (tertiary/aromatic N) is 4. The molecule has 2 atom stereocenters.